The van der Waals surface area contributed by atoms with Crippen LogP contribution < -0.4 is 19.1 Å². The van der Waals surface area contributed by atoms with E-state index in [0.717, 1.165) is 26.3 Å². The third-order valence-electron chi connectivity index (χ3n) is 6.98. The number of hydrogen-bond donors (Lipinski definition) is 1. The van der Waals surface area contributed by atoms with Gasteiger partial charge in [-0.1, -0.05) is 52.7 Å². The topological polar surface area (TPSA) is 105 Å². The number of rotatable bonds is 13. The van der Waals surface area contributed by atoms with Gasteiger partial charge in [0.1, 0.15) is 12.6 Å². The van der Waals surface area contributed by atoms with Crippen LogP contribution in [0.4, 0.5) is 5.69 Å². The van der Waals surface area contributed by atoms with Gasteiger partial charge >= 0.3 is 0 Å². The lowest BCUT2D eigenvalue weighted by Crippen LogP contribution is -2.52. The summed E-state index contributed by atoms with van der Waals surface area (Å²) in [5.41, 5.74) is 2.03. The smallest absolute Gasteiger partial charge is 0.264 e. The Labute approximate surface area is 257 Å². The maximum atomic E-state index is 14.1. The summed E-state index contributed by atoms with van der Waals surface area (Å²) in [4.78, 5) is 28.6. The molecule has 2 amide bonds. The number of ether oxygens (including phenoxy) is 2. The van der Waals surface area contributed by atoms with Crippen LogP contribution in [0.15, 0.2) is 76.1 Å². The minimum absolute atomic E-state index is 0.0736. The van der Waals surface area contributed by atoms with Crippen molar-refractivity contribution in [3.63, 3.8) is 0 Å². The highest BCUT2D eigenvalue weighted by molar-refractivity contribution is 9.10. The summed E-state index contributed by atoms with van der Waals surface area (Å²) in [6.07, 6.45) is 0.726. The molecule has 226 valence electrons. The van der Waals surface area contributed by atoms with Crippen LogP contribution in [0.1, 0.15) is 38.3 Å². The fraction of sp³-hybridized carbons (Fsp3) is 0.355. The van der Waals surface area contributed by atoms with Crippen LogP contribution in [-0.2, 0) is 26.2 Å². The van der Waals surface area contributed by atoms with E-state index >= 15 is 0 Å². The molecule has 0 aromatic heterocycles. The Balaban J connectivity index is 2.06. The second-order valence-corrected chi connectivity index (χ2v) is 12.8. The number of carbonyl (C=O) groups excluding carboxylic acids is 2. The SMILES string of the molecule is CC[C@@H](C)NC(=O)[C@H](C)N(Cc1ccc(Br)cc1)C(=O)CN(c1ccc(C)cc1)S(=O)(=O)c1ccc(OC)c(OC)c1. The highest BCUT2D eigenvalue weighted by Gasteiger charge is 2.33. The van der Waals surface area contributed by atoms with Crippen LogP contribution in [0.3, 0.4) is 0 Å². The lowest BCUT2D eigenvalue weighted by Gasteiger charge is -2.32. The van der Waals surface area contributed by atoms with Crippen LogP contribution in [-0.4, -0.2) is 58.0 Å². The van der Waals surface area contributed by atoms with Gasteiger partial charge in [-0.05, 0) is 69.2 Å². The Kier molecular flexibility index (Phi) is 11.4. The summed E-state index contributed by atoms with van der Waals surface area (Å²) < 4.78 is 40.7. The molecule has 0 bridgehead atoms. The monoisotopic (exact) mass is 659 g/mol. The molecule has 0 unspecified atom stereocenters. The molecule has 42 heavy (non-hydrogen) atoms. The molecular weight excluding hydrogens is 622 g/mol. The molecule has 0 heterocycles. The predicted octanol–water partition coefficient (Wildman–Crippen LogP) is 5.30. The zero-order valence-electron chi connectivity index (χ0n) is 24.8. The number of methoxy groups -OCH3 is 2. The van der Waals surface area contributed by atoms with Gasteiger partial charge in [-0.3, -0.25) is 13.9 Å². The molecule has 2 atom stereocenters. The Morgan fingerprint density at radius 2 is 1.55 bits per heavy atom. The fourth-order valence-corrected chi connectivity index (χ4v) is 5.87. The highest BCUT2D eigenvalue weighted by atomic mass is 79.9. The Morgan fingerprint density at radius 1 is 0.929 bits per heavy atom. The van der Waals surface area contributed by atoms with Crippen molar-refractivity contribution in [2.45, 2.75) is 57.6 Å². The lowest BCUT2D eigenvalue weighted by molar-refractivity contribution is -0.139. The van der Waals surface area contributed by atoms with Gasteiger partial charge in [-0.15, -0.1) is 0 Å². The van der Waals surface area contributed by atoms with Crippen molar-refractivity contribution in [3.8, 4) is 11.5 Å². The number of aryl methyl sites for hydroxylation is 1. The summed E-state index contributed by atoms with van der Waals surface area (Å²) in [7, 11) is -1.38. The standard InChI is InChI=1S/C31H38BrN3O6S/c1-7-22(3)33-31(37)23(4)34(19-24-10-12-25(32)13-11-24)30(36)20-35(26-14-8-21(2)9-15-26)42(38,39)27-16-17-28(40-5)29(18-27)41-6/h8-18,22-23H,7,19-20H2,1-6H3,(H,33,37)/t22-,23+/m1/s1. The van der Waals surface area contributed by atoms with Crippen molar-refractivity contribution >= 4 is 43.5 Å². The van der Waals surface area contributed by atoms with Gasteiger partial charge < -0.3 is 19.7 Å². The summed E-state index contributed by atoms with van der Waals surface area (Å²) >= 11 is 3.42. The van der Waals surface area contributed by atoms with Crippen molar-refractivity contribution in [2.75, 3.05) is 25.1 Å². The number of nitrogens with one attached hydrogen (secondary N) is 1. The molecule has 0 saturated carbocycles. The Bertz CT molecular complexity index is 1480. The van der Waals surface area contributed by atoms with Crippen molar-refractivity contribution < 1.29 is 27.5 Å². The molecule has 3 aromatic carbocycles. The van der Waals surface area contributed by atoms with Crippen molar-refractivity contribution in [1.82, 2.24) is 10.2 Å². The van der Waals surface area contributed by atoms with Gasteiger partial charge in [-0.25, -0.2) is 8.42 Å². The average molecular weight is 661 g/mol. The molecule has 0 aliphatic rings. The minimum atomic E-state index is -4.26. The quantitative estimate of drug-likeness (QED) is 0.267. The van der Waals surface area contributed by atoms with E-state index < -0.39 is 28.5 Å². The molecule has 0 radical (unpaired) electrons. The van der Waals surface area contributed by atoms with Crippen LogP contribution in [0.25, 0.3) is 0 Å². The molecule has 0 spiro atoms. The van der Waals surface area contributed by atoms with Gasteiger partial charge in [-0.2, -0.15) is 0 Å². The van der Waals surface area contributed by atoms with E-state index in [2.05, 4.69) is 21.2 Å². The number of anilines is 1. The predicted molar refractivity (Wildman–Crippen MR) is 167 cm³/mol. The molecule has 1 N–H and O–H groups in total. The highest BCUT2D eigenvalue weighted by Crippen LogP contribution is 2.32. The maximum Gasteiger partial charge on any atom is 0.264 e. The van der Waals surface area contributed by atoms with E-state index in [9.17, 15) is 18.0 Å². The normalized spacial score (nSPS) is 12.6. The molecule has 3 rings (SSSR count). The molecule has 0 fully saturated rings. The van der Waals surface area contributed by atoms with Crippen LogP contribution >= 0.6 is 15.9 Å². The maximum absolute atomic E-state index is 14.1. The lowest BCUT2D eigenvalue weighted by atomic mass is 10.1. The van der Waals surface area contributed by atoms with E-state index in [1.54, 1.807) is 31.2 Å². The largest absolute Gasteiger partial charge is 0.493 e. The van der Waals surface area contributed by atoms with E-state index in [4.69, 9.17) is 9.47 Å². The van der Waals surface area contributed by atoms with Gasteiger partial charge in [0.05, 0.1) is 24.8 Å². The molecule has 11 heteroatoms. The van der Waals surface area contributed by atoms with E-state index in [1.165, 1.54) is 37.3 Å². The first-order chi connectivity index (χ1) is 19.9. The number of sulfonamides is 1. The van der Waals surface area contributed by atoms with Crippen LogP contribution in [0.2, 0.25) is 0 Å². The molecule has 9 nitrogen and oxygen atoms in total. The second-order valence-electron chi connectivity index (χ2n) is 10.0. The van der Waals surface area contributed by atoms with Crippen molar-refractivity contribution in [2.24, 2.45) is 0 Å². The number of benzene rings is 3. The fourth-order valence-electron chi connectivity index (χ4n) is 4.18. The zero-order valence-corrected chi connectivity index (χ0v) is 27.2. The molecule has 0 saturated heterocycles. The first-order valence-corrected chi connectivity index (χ1v) is 15.8. The zero-order chi connectivity index (χ0) is 31.0. The molecule has 3 aromatic rings. The summed E-state index contributed by atoms with van der Waals surface area (Å²) in [6, 6.07) is 17.6. The molecule has 0 aliphatic heterocycles. The van der Waals surface area contributed by atoms with Crippen molar-refractivity contribution in [3.05, 3.63) is 82.3 Å². The van der Waals surface area contributed by atoms with Gasteiger partial charge in [0.2, 0.25) is 11.8 Å². The molecule has 0 aliphatic carbocycles. The summed E-state index contributed by atoms with van der Waals surface area (Å²) in [6.45, 7) is 6.96. The first kappa shape index (κ1) is 32.9. The van der Waals surface area contributed by atoms with Gasteiger partial charge in [0.15, 0.2) is 11.5 Å². The van der Waals surface area contributed by atoms with E-state index in [1.807, 2.05) is 45.0 Å². The van der Waals surface area contributed by atoms with Crippen LogP contribution in [0, 0.1) is 6.92 Å². The van der Waals surface area contributed by atoms with E-state index in [-0.39, 0.29) is 29.1 Å². The number of amides is 2. The van der Waals surface area contributed by atoms with Crippen molar-refractivity contribution in [1.29, 1.82) is 0 Å². The number of hydrogen-bond acceptors (Lipinski definition) is 6. The average Bonchev–Trinajstić information content (AvgIpc) is 2.98. The summed E-state index contributed by atoms with van der Waals surface area (Å²) in [5, 5.41) is 2.93. The van der Waals surface area contributed by atoms with Gasteiger partial charge in [0, 0.05) is 23.1 Å². The van der Waals surface area contributed by atoms with Gasteiger partial charge in [0.25, 0.3) is 10.0 Å². The van der Waals surface area contributed by atoms with Crippen LogP contribution in [0.5, 0.6) is 11.5 Å². The third kappa shape index (κ3) is 8.04. The first-order valence-electron chi connectivity index (χ1n) is 13.6. The van der Waals surface area contributed by atoms with E-state index in [0.29, 0.717) is 11.4 Å². The molecular formula is C31H38BrN3O6S. The summed E-state index contributed by atoms with van der Waals surface area (Å²) in [5.74, 6) is -0.244. The minimum Gasteiger partial charge on any atom is -0.493 e. The number of halogens is 1. The number of nitrogens with zero attached hydrogens (tertiary/aromatic N) is 2. The third-order valence-corrected chi connectivity index (χ3v) is 9.28. The second kappa shape index (κ2) is 14.6. The Hall–Kier alpha value is -3.57. The number of carbonyl (C=O) groups is 2. The Morgan fingerprint density at radius 3 is 2.12 bits per heavy atom.